The molecule has 0 saturated carbocycles. The van der Waals surface area contributed by atoms with Gasteiger partial charge in [-0.25, -0.2) is 0 Å². The van der Waals surface area contributed by atoms with Gasteiger partial charge in [0.2, 0.25) is 11.8 Å². The number of benzene rings is 2. The Morgan fingerprint density at radius 1 is 1.24 bits per heavy atom. The predicted octanol–water partition coefficient (Wildman–Crippen LogP) is 3.48. The lowest BCUT2D eigenvalue weighted by Crippen LogP contribution is -2.33. The molecule has 150 valence electrons. The normalized spacial score (nSPS) is 15.2. The standard InChI is InChI=1S/C22H21BrN2O4/c1-14(26)12-24-22(28)17-9-16-5-6-18(23)11-20(16)25(21(27)10-17)13-15-3-7-19(29-2)8-4-15/h3-9,11H,10,12-13H2,1-2H3,(H,24,28)/i2D3. The summed E-state index contributed by atoms with van der Waals surface area (Å²) < 4.78 is 27.2. The van der Waals surface area contributed by atoms with Crippen LogP contribution in [0.5, 0.6) is 5.75 Å². The molecule has 1 N–H and O–H groups in total. The number of amides is 2. The molecule has 0 radical (unpaired) electrons. The molecule has 2 aromatic carbocycles. The molecule has 1 aliphatic heterocycles. The average molecular weight is 460 g/mol. The highest BCUT2D eigenvalue weighted by Gasteiger charge is 2.26. The van der Waals surface area contributed by atoms with E-state index in [4.69, 9.17) is 8.85 Å². The number of ether oxygens (including phenoxy) is 1. The van der Waals surface area contributed by atoms with Crippen molar-refractivity contribution in [3.8, 4) is 5.75 Å². The van der Waals surface area contributed by atoms with Gasteiger partial charge in [0.15, 0.2) is 0 Å². The van der Waals surface area contributed by atoms with Crippen molar-refractivity contribution in [2.45, 2.75) is 19.9 Å². The number of rotatable bonds is 6. The Labute approximate surface area is 181 Å². The average Bonchev–Trinajstić information content (AvgIpc) is 2.83. The lowest BCUT2D eigenvalue weighted by atomic mass is 10.1. The monoisotopic (exact) mass is 459 g/mol. The maximum Gasteiger partial charge on any atom is 0.248 e. The molecule has 6 nitrogen and oxygen atoms in total. The molecule has 0 aliphatic carbocycles. The molecule has 0 atom stereocenters. The summed E-state index contributed by atoms with van der Waals surface area (Å²) in [6, 6.07) is 11.9. The molecule has 0 bridgehead atoms. The van der Waals surface area contributed by atoms with Crippen molar-refractivity contribution in [1.29, 1.82) is 0 Å². The Balaban J connectivity index is 1.87. The molecule has 7 heteroatoms. The maximum atomic E-state index is 13.1. The van der Waals surface area contributed by atoms with Gasteiger partial charge in [0, 0.05) is 10.0 Å². The van der Waals surface area contributed by atoms with Crippen molar-refractivity contribution in [2.24, 2.45) is 0 Å². The number of ketones is 1. The molecule has 0 unspecified atom stereocenters. The van der Waals surface area contributed by atoms with Crippen molar-refractivity contribution >= 4 is 45.3 Å². The Kier molecular flexibility index (Phi) is 5.29. The molecule has 0 saturated heterocycles. The van der Waals surface area contributed by atoms with Crippen LogP contribution in [0, 0.1) is 0 Å². The van der Waals surface area contributed by atoms with Crippen LogP contribution in [0.15, 0.2) is 52.5 Å². The molecule has 0 aromatic heterocycles. The molecule has 3 rings (SSSR count). The van der Waals surface area contributed by atoms with Gasteiger partial charge in [-0.15, -0.1) is 0 Å². The smallest absolute Gasteiger partial charge is 0.248 e. The number of hydrogen-bond donors (Lipinski definition) is 1. The molecule has 2 aromatic rings. The Bertz CT molecular complexity index is 1080. The van der Waals surface area contributed by atoms with Crippen LogP contribution in [-0.4, -0.2) is 31.2 Å². The molecule has 29 heavy (non-hydrogen) atoms. The van der Waals surface area contributed by atoms with E-state index in [0.717, 1.165) is 10.0 Å². The van der Waals surface area contributed by atoms with E-state index in [1.165, 1.54) is 19.1 Å². The third-order valence-corrected chi connectivity index (χ3v) is 4.92. The first-order chi connectivity index (χ1) is 15.0. The van der Waals surface area contributed by atoms with Crippen LogP contribution in [0.4, 0.5) is 5.69 Å². The van der Waals surface area contributed by atoms with Crippen molar-refractivity contribution in [2.75, 3.05) is 18.5 Å². The summed E-state index contributed by atoms with van der Waals surface area (Å²) in [7, 11) is -2.54. The fraction of sp³-hybridized carbons (Fsp3) is 0.227. The van der Waals surface area contributed by atoms with Crippen LogP contribution in [0.1, 0.15) is 28.6 Å². The van der Waals surface area contributed by atoms with E-state index in [2.05, 4.69) is 21.2 Å². The van der Waals surface area contributed by atoms with E-state index in [9.17, 15) is 14.4 Å². The predicted molar refractivity (Wildman–Crippen MR) is 115 cm³/mol. The lowest BCUT2D eigenvalue weighted by molar-refractivity contribution is -0.123. The maximum absolute atomic E-state index is 13.1. The number of halogens is 1. The summed E-state index contributed by atoms with van der Waals surface area (Å²) in [4.78, 5) is 38.4. The number of hydrogen-bond acceptors (Lipinski definition) is 4. The van der Waals surface area contributed by atoms with Gasteiger partial charge in [0.25, 0.3) is 0 Å². The number of nitrogens with zero attached hydrogens (tertiary/aromatic N) is 1. The fourth-order valence-electron chi connectivity index (χ4n) is 2.99. The highest BCUT2D eigenvalue weighted by atomic mass is 79.9. The second kappa shape index (κ2) is 9.05. The van der Waals surface area contributed by atoms with Gasteiger partial charge in [-0.1, -0.05) is 34.1 Å². The molecular weight excluding hydrogens is 436 g/mol. The van der Waals surface area contributed by atoms with Crippen LogP contribution in [0.25, 0.3) is 6.08 Å². The molecule has 1 aliphatic rings. The number of carbonyl (C=O) groups is 3. The van der Waals surface area contributed by atoms with Crippen molar-refractivity contribution < 1.29 is 23.2 Å². The second-order valence-corrected chi connectivity index (χ2v) is 7.58. The summed E-state index contributed by atoms with van der Waals surface area (Å²) in [6.07, 6.45) is 1.53. The fourth-order valence-corrected chi connectivity index (χ4v) is 3.34. The van der Waals surface area contributed by atoms with E-state index in [-0.39, 0.29) is 42.5 Å². The molecule has 2 amide bonds. The van der Waals surface area contributed by atoms with Gasteiger partial charge in [0.1, 0.15) is 11.5 Å². The zero-order chi connectivity index (χ0) is 23.5. The van der Waals surface area contributed by atoms with Crippen LogP contribution < -0.4 is 15.0 Å². The Hall–Kier alpha value is -2.93. The third-order valence-electron chi connectivity index (χ3n) is 4.43. The minimum Gasteiger partial charge on any atom is -0.497 e. The highest BCUT2D eigenvalue weighted by Crippen LogP contribution is 2.32. The minimum absolute atomic E-state index is 0.105. The van der Waals surface area contributed by atoms with Gasteiger partial charge >= 0.3 is 0 Å². The molecule has 0 fully saturated rings. The summed E-state index contributed by atoms with van der Waals surface area (Å²) in [5.74, 6) is -0.731. The molecule has 1 heterocycles. The molecular formula is C22H21BrN2O4. The Morgan fingerprint density at radius 2 is 2.00 bits per heavy atom. The van der Waals surface area contributed by atoms with Gasteiger partial charge in [-0.05, 0) is 48.4 Å². The van der Waals surface area contributed by atoms with Gasteiger partial charge in [-0.2, -0.15) is 0 Å². The summed E-state index contributed by atoms with van der Waals surface area (Å²) in [5.41, 5.74) is 2.34. The third kappa shape index (κ3) is 5.12. The van der Waals surface area contributed by atoms with Gasteiger partial charge in [0.05, 0.1) is 36.3 Å². The van der Waals surface area contributed by atoms with Gasteiger partial charge < -0.3 is 15.0 Å². The van der Waals surface area contributed by atoms with E-state index in [1.54, 1.807) is 35.2 Å². The van der Waals surface area contributed by atoms with E-state index < -0.39 is 12.9 Å². The number of nitrogens with one attached hydrogen (secondary N) is 1. The zero-order valence-electron chi connectivity index (χ0n) is 18.7. The second-order valence-electron chi connectivity index (χ2n) is 6.66. The largest absolute Gasteiger partial charge is 0.497 e. The number of anilines is 1. The highest BCUT2D eigenvalue weighted by molar-refractivity contribution is 9.10. The first-order valence-electron chi connectivity index (χ1n) is 10.4. The SMILES string of the molecule is [2H]C([2H])([2H])Oc1ccc(CN2C(=O)CC(C(=O)NCC(C)=O)=Cc3ccc(Br)cc32)cc1. The number of Topliss-reactive ketones (excluding diaryl/α,β-unsaturated/α-hetero) is 1. The van der Waals surface area contributed by atoms with Crippen LogP contribution in [0.2, 0.25) is 0 Å². The zero-order valence-corrected chi connectivity index (χ0v) is 17.3. The Morgan fingerprint density at radius 3 is 2.69 bits per heavy atom. The first-order valence-corrected chi connectivity index (χ1v) is 9.67. The lowest BCUT2D eigenvalue weighted by Gasteiger charge is -2.23. The minimum atomic E-state index is -2.54. The summed E-state index contributed by atoms with van der Waals surface area (Å²) in [5, 5.41) is 2.54. The number of carbonyl (C=O) groups excluding carboxylic acids is 3. The van der Waals surface area contributed by atoms with Crippen molar-refractivity contribution in [3.63, 3.8) is 0 Å². The quantitative estimate of drug-likeness (QED) is 0.717. The van der Waals surface area contributed by atoms with E-state index in [0.29, 0.717) is 11.3 Å². The first kappa shape index (κ1) is 17.0. The van der Waals surface area contributed by atoms with E-state index >= 15 is 0 Å². The summed E-state index contributed by atoms with van der Waals surface area (Å²) >= 11 is 3.43. The number of fused-ring (bicyclic) bond motifs is 1. The van der Waals surface area contributed by atoms with Crippen LogP contribution in [-0.2, 0) is 20.9 Å². The van der Waals surface area contributed by atoms with Crippen LogP contribution >= 0.6 is 15.9 Å². The molecule has 0 spiro atoms. The summed E-state index contributed by atoms with van der Waals surface area (Å²) in [6.45, 7) is 1.48. The van der Waals surface area contributed by atoms with Crippen molar-refractivity contribution in [1.82, 2.24) is 5.32 Å². The topological polar surface area (TPSA) is 75.7 Å². The number of methoxy groups -OCH3 is 1. The van der Waals surface area contributed by atoms with E-state index in [1.807, 2.05) is 6.07 Å². The van der Waals surface area contributed by atoms with Gasteiger partial charge in [-0.3, -0.25) is 14.4 Å². The van der Waals surface area contributed by atoms with Crippen LogP contribution in [0.3, 0.4) is 0 Å². The van der Waals surface area contributed by atoms with Crippen molar-refractivity contribution in [3.05, 3.63) is 63.6 Å².